The molecule has 0 unspecified atom stereocenters. The highest BCUT2D eigenvalue weighted by Gasteiger charge is 2.23. The van der Waals surface area contributed by atoms with E-state index in [9.17, 15) is 9.59 Å². The van der Waals surface area contributed by atoms with Gasteiger partial charge in [0.2, 0.25) is 11.8 Å². The molecule has 0 aliphatic carbocycles. The average Bonchev–Trinajstić information content (AvgIpc) is 2.32. The Bertz CT molecular complexity index is 342. The molecule has 0 heterocycles. The molecule has 0 aromatic rings. The van der Waals surface area contributed by atoms with Crippen molar-refractivity contribution in [3.63, 3.8) is 0 Å². The van der Waals surface area contributed by atoms with Gasteiger partial charge in [0.15, 0.2) is 0 Å². The fourth-order valence-corrected chi connectivity index (χ4v) is 1.93. The Kier molecular flexibility index (Phi) is 8.33. The Labute approximate surface area is 125 Å². The summed E-state index contributed by atoms with van der Waals surface area (Å²) >= 11 is 1.50. The predicted molar refractivity (Wildman–Crippen MR) is 84.4 cm³/mol. The van der Waals surface area contributed by atoms with Gasteiger partial charge >= 0.3 is 0 Å². The van der Waals surface area contributed by atoms with Crippen molar-refractivity contribution in [2.75, 3.05) is 18.6 Å². The molecule has 0 aromatic heterocycles. The maximum atomic E-state index is 12.0. The number of hydrogen-bond acceptors (Lipinski definition) is 5. The van der Waals surface area contributed by atoms with Crippen molar-refractivity contribution < 1.29 is 9.59 Å². The lowest BCUT2D eigenvalue weighted by molar-refractivity contribution is -0.125. The molecule has 0 spiro atoms. The molecule has 0 aliphatic heterocycles. The third-order valence-corrected chi connectivity index (χ3v) is 2.99. The first-order chi connectivity index (χ1) is 9.21. The largest absolute Gasteiger partial charge is 0.379 e. The summed E-state index contributed by atoms with van der Waals surface area (Å²) in [6, 6.07) is -1.14. The minimum Gasteiger partial charge on any atom is -0.379 e. The van der Waals surface area contributed by atoms with Crippen molar-refractivity contribution >= 4 is 23.6 Å². The van der Waals surface area contributed by atoms with Gasteiger partial charge in [-0.2, -0.15) is 11.8 Å². The minimum absolute atomic E-state index is 0.162. The van der Waals surface area contributed by atoms with Gasteiger partial charge < -0.3 is 21.7 Å². The van der Waals surface area contributed by atoms with Gasteiger partial charge in [0.05, 0.1) is 6.04 Å². The molecular weight excluding hydrogens is 276 g/mol. The predicted octanol–water partition coefficient (Wildman–Crippen LogP) is -0.191. The molecule has 0 rings (SSSR count). The Hall–Kier alpha value is -1.21. The first-order valence-electron chi connectivity index (χ1n) is 6.42. The fourth-order valence-electron chi connectivity index (χ4n) is 1.42. The average molecular weight is 302 g/mol. The summed E-state index contributed by atoms with van der Waals surface area (Å²) in [7, 11) is 0. The molecule has 2 amide bonds. The quantitative estimate of drug-likeness (QED) is 0.498. The number of carbonyl (C=O) groups excluding carboxylic acids is 2. The summed E-state index contributed by atoms with van der Waals surface area (Å²) in [6.07, 6.45) is 3.31. The van der Waals surface area contributed by atoms with Gasteiger partial charge in [0, 0.05) is 17.8 Å². The van der Waals surface area contributed by atoms with Crippen LogP contribution in [0.2, 0.25) is 0 Å². The smallest absolute Gasteiger partial charge is 0.244 e. The van der Waals surface area contributed by atoms with Crippen molar-refractivity contribution in [2.45, 2.75) is 38.4 Å². The van der Waals surface area contributed by atoms with Crippen LogP contribution in [0.4, 0.5) is 0 Å². The lowest BCUT2D eigenvalue weighted by Crippen LogP contribution is -2.55. The summed E-state index contributed by atoms with van der Waals surface area (Å²) in [4.78, 5) is 23.8. The monoisotopic (exact) mass is 302 g/mol. The molecule has 116 valence electrons. The summed E-state index contributed by atoms with van der Waals surface area (Å²) in [5.41, 5.74) is 5.36. The van der Waals surface area contributed by atoms with E-state index >= 15 is 0 Å². The van der Waals surface area contributed by atoms with Crippen LogP contribution in [-0.4, -0.2) is 48.0 Å². The van der Waals surface area contributed by atoms with Crippen LogP contribution in [-0.2, 0) is 9.59 Å². The third kappa shape index (κ3) is 8.06. The molecule has 7 heteroatoms. The van der Waals surface area contributed by atoms with E-state index in [0.717, 1.165) is 0 Å². The third-order valence-electron chi connectivity index (χ3n) is 2.30. The molecule has 20 heavy (non-hydrogen) atoms. The number of rotatable bonds is 8. The number of thioether (sulfide) groups is 1. The van der Waals surface area contributed by atoms with Crippen LogP contribution in [0.15, 0.2) is 12.8 Å². The van der Waals surface area contributed by atoms with E-state index in [4.69, 9.17) is 5.73 Å². The van der Waals surface area contributed by atoms with Gasteiger partial charge in [-0.1, -0.05) is 6.58 Å². The second-order valence-electron chi connectivity index (χ2n) is 5.47. The highest BCUT2D eigenvalue weighted by Crippen LogP contribution is 2.00. The van der Waals surface area contributed by atoms with Crippen LogP contribution in [0, 0.1) is 0 Å². The second kappa shape index (κ2) is 8.86. The van der Waals surface area contributed by atoms with E-state index in [1.165, 1.54) is 18.0 Å². The van der Waals surface area contributed by atoms with E-state index in [1.54, 1.807) is 0 Å². The summed E-state index contributed by atoms with van der Waals surface area (Å²) in [5, 5.41) is 8.34. The van der Waals surface area contributed by atoms with E-state index in [2.05, 4.69) is 22.5 Å². The van der Waals surface area contributed by atoms with Gasteiger partial charge in [-0.15, -0.1) is 0 Å². The molecule has 0 bridgehead atoms. The number of amides is 2. The number of nitrogens with two attached hydrogens (primary N) is 1. The molecule has 0 radical (unpaired) electrons. The van der Waals surface area contributed by atoms with Gasteiger partial charge in [0.25, 0.3) is 0 Å². The number of hydrogen-bond donors (Lipinski definition) is 4. The Morgan fingerprint density at radius 3 is 2.40 bits per heavy atom. The lowest BCUT2D eigenvalue weighted by atomic mass is 10.1. The normalized spacial score (nSPS) is 14.1. The Morgan fingerprint density at radius 2 is 1.95 bits per heavy atom. The molecule has 0 saturated heterocycles. The first-order valence-corrected chi connectivity index (χ1v) is 7.82. The molecule has 0 fully saturated rings. The maximum absolute atomic E-state index is 12.0. The second-order valence-corrected chi connectivity index (χ2v) is 6.38. The van der Waals surface area contributed by atoms with Crippen LogP contribution in [0.1, 0.15) is 20.8 Å². The zero-order chi connectivity index (χ0) is 15.8. The molecule has 0 saturated carbocycles. The zero-order valence-corrected chi connectivity index (χ0v) is 13.5. The van der Waals surface area contributed by atoms with Crippen molar-refractivity contribution in [3.8, 4) is 0 Å². The summed E-state index contributed by atoms with van der Waals surface area (Å²) in [5.74, 6) is 0.0782. The molecule has 5 N–H and O–H groups in total. The van der Waals surface area contributed by atoms with E-state index in [-0.39, 0.29) is 23.9 Å². The fraction of sp³-hybridized carbons (Fsp3) is 0.692. The van der Waals surface area contributed by atoms with Crippen LogP contribution < -0.4 is 21.7 Å². The Balaban J connectivity index is 4.44. The molecule has 0 aromatic carbocycles. The topological polar surface area (TPSA) is 96.2 Å². The van der Waals surface area contributed by atoms with E-state index < -0.39 is 12.1 Å². The van der Waals surface area contributed by atoms with Crippen molar-refractivity contribution in [1.82, 2.24) is 16.0 Å². The van der Waals surface area contributed by atoms with Crippen LogP contribution in [0.3, 0.4) is 0 Å². The van der Waals surface area contributed by atoms with E-state index in [1.807, 2.05) is 27.0 Å². The van der Waals surface area contributed by atoms with Crippen LogP contribution >= 0.6 is 11.8 Å². The first kappa shape index (κ1) is 18.8. The number of carbonyl (C=O) groups is 2. The van der Waals surface area contributed by atoms with Gasteiger partial charge in [0.1, 0.15) is 6.04 Å². The van der Waals surface area contributed by atoms with E-state index in [0.29, 0.717) is 5.75 Å². The van der Waals surface area contributed by atoms with Crippen molar-refractivity contribution in [3.05, 3.63) is 12.8 Å². The molecule has 2 atom stereocenters. The molecular formula is C13H26N4O2S. The van der Waals surface area contributed by atoms with Crippen molar-refractivity contribution in [2.24, 2.45) is 5.73 Å². The number of nitrogens with one attached hydrogen (secondary N) is 3. The zero-order valence-electron chi connectivity index (χ0n) is 12.7. The summed E-state index contributed by atoms with van der Waals surface area (Å²) in [6.45, 7) is 9.38. The minimum atomic E-state index is -0.572. The van der Waals surface area contributed by atoms with Crippen LogP contribution in [0.5, 0.6) is 0 Å². The lowest BCUT2D eigenvalue weighted by Gasteiger charge is -2.25. The van der Waals surface area contributed by atoms with Crippen LogP contribution in [0.25, 0.3) is 0 Å². The van der Waals surface area contributed by atoms with Gasteiger partial charge in [-0.05, 0) is 33.2 Å². The van der Waals surface area contributed by atoms with Crippen molar-refractivity contribution in [1.29, 1.82) is 0 Å². The molecule has 6 nitrogen and oxygen atoms in total. The highest BCUT2D eigenvalue weighted by atomic mass is 32.2. The van der Waals surface area contributed by atoms with Gasteiger partial charge in [-0.25, -0.2) is 0 Å². The summed E-state index contributed by atoms with van der Waals surface area (Å²) < 4.78 is 0. The maximum Gasteiger partial charge on any atom is 0.244 e. The Morgan fingerprint density at radius 1 is 1.35 bits per heavy atom. The standard InChI is InChI=1S/C13H26N4O2S/c1-6-15-10(12(19)17-13(2,3)4)7-16-11(18)9(14)8-20-5/h6,9-10,15H,1,7-8,14H2,2-5H3,(H,16,18)(H,17,19)/t9-,10-/m0/s1. The SMILES string of the molecule is C=CN[C@@H](CNC(=O)[C@@H](N)CSC)C(=O)NC(C)(C)C. The molecule has 0 aliphatic rings. The van der Waals surface area contributed by atoms with Gasteiger partial charge in [-0.3, -0.25) is 9.59 Å². The highest BCUT2D eigenvalue weighted by molar-refractivity contribution is 7.98.